The Morgan fingerprint density at radius 3 is 3.11 bits per heavy atom. The van der Waals surface area contributed by atoms with Crippen LogP contribution in [0.4, 0.5) is 0 Å². The predicted molar refractivity (Wildman–Crippen MR) is 71.5 cm³/mol. The van der Waals surface area contributed by atoms with Crippen molar-refractivity contribution in [1.82, 2.24) is 5.32 Å². The van der Waals surface area contributed by atoms with Gasteiger partial charge in [0.2, 0.25) is 6.79 Å². The number of ether oxygens (including phenoxy) is 3. The summed E-state index contributed by atoms with van der Waals surface area (Å²) in [5.74, 6) is 2.49. The van der Waals surface area contributed by atoms with Gasteiger partial charge in [0.25, 0.3) is 0 Å². The molecule has 1 saturated heterocycles. The van der Waals surface area contributed by atoms with Crippen LogP contribution in [0.1, 0.15) is 18.4 Å². The second kappa shape index (κ2) is 4.97. The minimum absolute atomic E-state index is 0.292. The molecule has 4 nitrogen and oxygen atoms in total. The Balaban J connectivity index is 1.99. The first-order chi connectivity index (χ1) is 8.79. The van der Waals surface area contributed by atoms with Crippen molar-refractivity contribution < 1.29 is 14.2 Å². The number of hydrogen-bond donors (Lipinski definition) is 1. The highest BCUT2D eigenvalue weighted by molar-refractivity contribution is 9.10. The van der Waals surface area contributed by atoms with E-state index in [2.05, 4.69) is 21.2 Å². The lowest BCUT2D eigenvalue weighted by Gasteiger charge is -2.16. The van der Waals surface area contributed by atoms with E-state index in [0.29, 0.717) is 12.8 Å². The Morgan fingerprint density at radius 2 is 2.39 bits per heavy atom. The lowest BCUT2D eigenvalue weighted by Crippen LogP contribution is -2.24. The molecule has 0 bridgehead atoms. The summed E-state index contributed by atoms with van der Waals surface area (Å²) < 4.78 is 17.5. The Bertz CT molecular complexity index is 454. The number of nitrogens with one attached hydrogen (secondary N) is 1. The third kappa shape index (κ3) is 2.06. The first-order valence-corrected chi connectivity index (χ1v) is 6.97. The summed E-state index contributed by atoms with van der Waals surface area (Å²) in [6.07, 6.45) is 3.35. The standard InChI is InChI=1S/C13H16BrNO3/c1-16-12-9(5-8-3-2-4-15-8)13-11(6-10(12)14)17-7-18-13/h6,8,15H,2-5,7H2,1H3. The van der Waals surface area contributed by atoms with Crippen molar-refractivity contribution in [3.8, 4) is 17.2 Å². The molecular weight excluding hydrogens is 298 g/mol. The zero-order valence-corrected chi connectivity index (χ0v) is 11.9. The van der Waals surface area contributed by atoms with Crippen LogP contribution in [0.3, 0.4) is 0 Å². The van der Waals surface area contributed by atoms with Crippen molar-refractivity contribution in [3.05, 3.63) is 16.1 Å². The molecule has 0 amide bonds. The van der Waals surface area contributed by atoms with Crippen molar-refractivity contribution in [3.63, 3.8) is 0 Å². The molecule has 2 aliphatic heterocycles. The van der Waals surface area contributed by atoms with Crippen LogP contribution in [0.5, 0.6) is 17.2 Å². The van der Waals surface area contributed by atoms with Gasteiger partial charge >= 0.3 is 0 Å². The average molecular weight is 314 g/mol. The van der Waals surface area contributed by atoms with Crippen molar-refractivity contribution in [2.45, 2.75) is 25.3 Å². The van der Waals surface area contributed by atoms with E-state index in [-0.39, 0.29) is 0 Å². The van der Waals surface area contributed by atoms with E-state index >= 15 is 0 Å². The molecule has 2 heterocycles. The average Bonchev–Trinajstić information content (AvgIpc) is 2.99. The van der Waals surface area contributed by atoms with E-state index in [0.717, 1.165) is 40.3 Å². The van der Waals surface area contributed by atoms with Crippen LogP contribution in [0, 0.1) is 0 Å². The van der Waals surface area contributed by atoms with Crippen LogP contribution in [-0.4, -0.2) is 26.5 Å². The summed E-state index contributed by atoms with van der Waals surface area (Å²) in [5, 5.41) is 3.50. The molecule has 1 aromatic rings. The van der Waals surface area contributed by atoms with E-state index in [1.807, 2.05) is 6.07 Å². The molecule has 0 aromatic heterocycles. The smallest absolute Gasteiger partial charge is 0.231 e. The van der Waals surface area contributed by atoms with Gasteiger partial charge in [0.05, 0.1) is 11.6 Å². The van der Waals surface area contributed by atoms with Crippen LogP contribution < -0.4 is 19.5 Å². The third-order valence-corrected chi connectivity index (χ3v) is 4.07. The third-order valence-electron chi connectivity index (χ3n) is 3.48. The quantitative estimate of drug-likeness (QED) is 0.930. The van der Waals surface area contributed by atoms with Crippen LogP contribution >= 0.6 is 15.9 Å². The molecule has 1 N–H and O–H groups in total. The molecule has 18 heavy (non-hydrogen) atoms. The highest BCUT2D eigenvalue weighted by Crippen LogP contribution is 2.46. The van der Waals surface area contributed by atoms with Gasteiger partial charge in [-0.3, -0.25) is 0 Å². The number of benzene rings is 1. The Kier molecular flexibility index (Phi) is 3.35. The summed E-state index contributed by atoms with van der Waals surface area (Å²) in [5.41, 5.74) is 1.10. The summed E-state index contributed by atoms with van der Waals surface area (Å²) in [6.45, 7) is 1.39. The minimum Gasteiger partial charge on any atom is -0.495 e. The summed E-state index contributed by atoms with van der Waals surface area (Å²) >= 11 is 3.53. The highest BCUT2D eigenvalue weighted by atomic mass is 79.9. The van der Waals surface area contributed by atoms with Gasteiger partial charge in [-0.25, -0.2) is 0 Å². The number of halogens is 1. The molecule has 2 aliphatic rings. The van der Waals surface area contributed by atoms with Gasteiger partial charge in [0, 0.05) is 17.7 Å². The summed E-state index contributed by atoms with van der Waals surface area (Å²) in [6, 6.07) is 2.41. The first kappa shape index (κ1) is 12.1. The Morgan fingerprint density at radius 1 is 1.50 bits per heavy atom. The molecule has 1 atom stereocenters. The van der Waals surface area contributed by atoms with Gasteiger partial charge in [0.15, 0.2) is 11.5 Å². The van der Waals surface area contributed by atoms with Crippen molar-refractivity contribution in [2.75, 3.05) is 20.4 Å². The Hall–Kier alpha value is -0.940. The van der Waals surface area contributed by atoms with Crippen molar-refractivity contribution in [2.24, 2.45) is 0 Å². The molecule has 1 unspecified atom stereocenters. The van der Waals surface area contributed by atoms with Crippen LogP contribution in [0.25, 0.3) is 0 Å². The summed E-state index contributed by atoms with van der Waals surface area (Å²) in [4.78, 5) is 0. The first-order valence-electron chi connectivity index (χ1n) is 6.18. The van der Waals surface area contributed by atoms with Crippen LogP contribution in [0.2, 0.25) is 0 Å². The Labute approximate surface area is 115 Å². The van der Waals surface area contributed by atoms with E-state index < -0.39 is 0 Å². The molecule has 0 spiro atoms. The maximum atomic E-state index is 5.59. The predicted octanol–water partition coefficient (Wildman–Crippen LogP) is 2.48. The largest absolute Gasteiger partial charge is 0.495 e. The van der Waals surface area contributed by atoms with Gasteiger partial charge in [-0.05, 0) is 41.7 Å². The maximum absolute atomic E-state index is 5.59. The SMILES string of the molecule is COc1c(Br)cc2c(c1CC1CCCN1)OCO2. The van der Waals surface area contributed by atoms with Crippen molar-refractivity contribution in [1.29, 1.82) is 0 Å². The lowest BCUT2D eigenvalue weighted by molar-refractivity contribution is 0.173. The van der Waals surface area contributed by atoms with Gasteiger partial charge < -0.3 is 19.5 Å². The van der Waals surface area contributed by atoms with Gasteiger partial charge in [-0.1, -0.05) is 0 Å². The van der Waals surface area contributed by atoms with E-state index in [1.54, 1.807) is 7.11 Å². The molecule has 3 rings (SSSR count). The second-order valence-electron chi connectivity index (χ2n) is 4.60. The normalized spacial score (nSPS) is 21.3. The highest BCUT2D eigenvalue weighted by Gasteiger charge is 2.27. The molecule has 1 aromatic carbocycles. The fourth-order valence-corrected chi connectivity index (χ4v) is 3.25. The monoisotopic (exact) mass is 313 g/mol. The van der Waals surface area contributed by atoms with E-state index in [1.165, 1.54) is 12.8 Å². The van der Waals surface area contributed by atoms with Crippen LogP contribution in [0.15, 0.2) is 10.5 Å². The number of methoxy groups -OCH3 is 1. The van der Waals surface area contributed by atoms with Gasteiger partial charge in [-0.2, -0.15) is 0 Å². The fourth-order valence-electron chi connectivity index (χ4n) is 2.64. The summed E-state index contributed by atoms with van der Waals surface area (Å²) in [7, 11) is 1.69. The number of fused-ring (bicyclic) bond motifs is 1. The number of hydrogen-bond acceptors (Lipinski definition) is 4. The maximum Gasteiger partial charge on any atom is 0.231 e. The zero-order valence-electron chi connectivity index (χ0n) is 10.3. The molecule has 1 fully saturated rings. The molecule has 0 radical (unpaired) electrons. The fraction of sp³-hybridized carbons (Fsp3) is 0.538. The van der Waals surface area contributed by atoms with Gasteiger partial charge in [0.1, 0.15) is 5.75 Å². The van der Waals surface area contributed by atoms with E-state index in [9.17, 15) is 0 Å². The van der Waals surface area contributed by atoms with E-state index in [4.69, 9.17) is 14.2 Å². The second-order valence-corrected chi connectivity index (χ2v) is 5.46. The lowest BCUT2D eigenvalue weighted by atomic mass is 10.0. The number of rotatable bonds is 3. The van der Waals surface area contributed by atoms with Gasteiger partial charge in [-0.15, -0.1) is 0 Å². The molecular formula is C13H16BrNO3. The van der Waals surface area contributed by atoms with Crippen LogP contribution in [-0.2, 0) is 6.42 Å². The topological polar surface area (TPSA) is 39.7 Å². The minimum atomic E-state index is 0.292. The zero-order chi connectivity index (χ0) is 12.5. The molecule has 5 heteroatoms. The molecule has 0 saturated carbocycles. The van der Waals surface area contributed by atoms with Crippen molar-refractivity contribution >= 4 is 15.9 Å². The molecule has 0 aliphatic carbocycles. The molecule has 98 valence electrons.